The molecule has 2 aromatic rings. The molecule has 1 atom stereocenters. The fourth-order valence-electron chi connectivity index (χ4n) is 3.44. The number of benzene rings is 1. The Balaban J connectivity index is 1.82. The van der Waals surface area contributed by atoms with Crippen molar-refractivity contribution in [3.63, 3.8) is 0 Å². The number of carbonyl (C=O) groups is 1. The van der Waals surface area contributed by atoms with Gasteiger partial charge in [-0.3, -0.25) is 4.98 Å². The first-order chi connectivity index (χ1) is 12.3. The molecule has 1 fully saturated rings. The topological polar surface area (TPSA) is 87.6 Å². The molecule has 1 N–H and O–H groups in total. The smallest absolute Gasteiger partial charge is 0.335 e. The molecule has 26 heavy (non-hydrogen) atoms. The summed E-state index contributed by atoms with van der Waals surface area (Å²) in [4.78, 5) is 15.5. The molecule has 1 aromatic carbocycles. The van der Waals surface area contributed by atoms with E-state index in [4.69, 9.17) is 5.11 Å². The number of sulfonamides is 1. The number of pyridine rings is 1. The van der Waals surface area contributed by atoms with Crippen LogP contribution in [0.25, 0.3) is 11.3 Å². The first-order valence-electron chi connectivity index (χ1n) is 8.57. The zero-order valence-electron chi connectivity index (χ0n) is 14.6. The van der Waals surface area contributed by atoms with Crippen LogP contribution < -0.4 is 0 Å². The van der Waals surface area contributed by atoms with Crippen LogP contribution >= 0.6 is 0 Å². The highest BCUT2D eigenvalue weighted by Crippen LogP contribution is 2.28. The summed E-state index contributed by atoms with van der Waals surface area (Å²) >= 11 is 0. The van der Waals surface area contributed by atoms with Crippen molar-refractivity contribution < 1.29 is 18.3 Å². The van der Waals surface area contributed by atoms with Crippen LogP contribution in [0, 0.1) is 5.92 Å². The van der Waals surface area contributed by atoms with Crippen molar-refractivity contribution in [3.8, 4) is 11.3 Å². The third kappa shape index (κ3) is 4.28. The van der Waals surface area contributed by atoms with Crippen LogP contribution in [0.4, 0.5) is 0 Å². The fourth-order valence-corrected chi connectivity index (χ4v) is 4.38. The number of nitrogens with zero attached hydrogens (tertiary/aromatic N) is 2. The highest BCUT2D eigenvalue weighted by Gasteiger charge is 2.26. The van der Waals surface area contributed by atoms with Gasteiger partial charge in [0.25, 0.3) is 0 Å². The van der Waals surface area contributed by atoms with Gasteiger partial charge < -0.3 is 5.11 Å². The van der Waals surface area contributed by atoms with Crippen molar-refractivity contribution in [3.05, 3.63) is 53.7 Å². The Labute approximate surface area is 153 Å². The minimum atomic E-state index is -3.16. The molecular formula is C19H22N2O4S. The highest BCUT2D eigenvalue weighted by molar-refractivity contribution is 7.88. The molecular weight excluding hydrogens is 352 g/mol. The SMILES string of the molecule is CS(=O)(=O)N1CCC[C@@H](Cc2cccnc2-c2ccc(C(=O)O)cc2)C1. The maximum Gasteiger partial charge on any atom is 0.335 e. The number of aromatic nitrogens is 1. The van der Waals surface area contributed by atoms with E-state index in [1.807, 2.05) is 12.1 Å². The van der Waals surface area contributed by atoms with Gasteiger partial charge >= 0.3 is 5.97 Å². The molecule has 0 amide bonds. The molecule has 0 saturated carbocycles. The van der Waals surface area contributed by atoms with Crippen molar-refractivity contribution in [2.75, 3.05) is 19.3 Å². The van der Waals surface area contributed by atoms with Crippen molar-refractivity contribution in [1.82, 2.24) is 9.29 Å². The maximum atomic E-state index is 11.8. The summed E-state index contributed by atoms with van der Waals surface area (Å²) in [5.41, 5.74) is 2.97. The lowest BCUT2D eigenvalue weighted by molar-refractivity contribution is 0.0697. The Bertz CT molecular complexity index is 894. The molecule has 138 valence electrons. The average molecular weight is 374 g/mol. The third-order valence-corrected chi connectivity index (χ3v) is 6.03. The van der Waals surface area contributed by atoms with E-state index in [0.717, 1.165) is 36.1 Å². The molecule has 0 aliphatic carbocycles. The van der Waals surface area contributed by atoms with Crippen LogP contribution in [0.1, 0.15) is 28.8 Å². The zero-order valence-corrected chi connectivity index (χ0v) is 15.4. The van der Waals surface area contributed by atoms with Gasteiger partial charge in [-0.15, -0.1) is 0 Å². The number of aromatic carboxylic acids is 1. The van der Waals surface area contributed by atoms with E-state index in [1.54, 1.807) is 34.8 Å². The van der Waals surface area contributed by atoms with Crippen LogP contribution in [0.3, 0.4) is 0 Å². The van der Waals surface area contributed by atoms with Crippen molar-refractivity contribution >= 4 is 16.0 Å². The second kappa shape index (κ2) is 7.55. The van der Waals surface area contributed by atoms with E-state index in [-0.39, 0.29) is 11.5 Å². The molecule has 3 rings (SSSR count). The average Bonchev–Trinajstić information content (AvgIpc) is 2.62. The van der Waals surface area contributed by atoms with Gasteiger partial charge in [0.1, 0.15) is 0 Å². The quantitative estimate of drug-likeness (QED) is 0.869. The summed E-state index contributed by atoms with van der Waals surface area (Å²) in [6.07, 6.45) is 5.57. The van der Waals surface area contributed by atoms with Crippen molar-refractivity contribution in [2.24, 2.45) is 5.92 Å². The van der Waals surface area contributed by atoms with Gasteiger partial charge in [0.2, 0.25) is 10.0 Å². The molecule has 2 heterocycles. The highest BCUT2D eigenvalue weighted by atomic mass is 32.2. The largest absolute Gasteiger partial charge is 0.478 e. The number of piperidine rings is 1. The first-order valence-corrected chi connectivity index (χ1v) is 10.4. The molecule has 0 unspecified atom stereocenters. The van der Waals surface area contributed by atoms with Crippen molar-refractivity contribution in [1.29, 1.82) is 0 Å². The van der Waals surface area contributed by atoms with Gasteiger partial charge in [-0.05, 0) is 48.9 Å². The lowest BCUT2D eigenvalue weighted by Gasteiger charge is -2.31. The third-order valence-electron chi connectivity index (χ3n) is 4.76. The van der Waals surface area contributed by atoms with Gasteiger partial charge in [-0.2, -0.15) is 0 Å². The predicted octanol–water partition coefficient (Wildman–Crippen LogP) is 2.66. The second-order valence-corrected chi connectivity index (χ2v) is 8.71. The zero-order chi connectivity index (χ0) is 18.7. The van der Waals surface area contributed by atoms with Crippen LogP contribution in [0.2, 0.25) is 0 Å². The van der Waals surface area contributed by atoms with Crippen molar-refractivity contribution in [2.45, 2.75) is 19.3 Å². The first kappa shape index (κ1) is 18.5. The van der Waals surface area contributed by atoms with Gasteiger partial charge in [-0.25, -0.2) is 17.5 Å². The standard InChI is InChI=1S/C19H22N2O4S/c1-26(24,25)21-11-3-4-14(13-21)12-17-5-2-10-20-18(17)15-6-8-16(9-7-15)19(22)23/h2,5-10,14H,3-4,11-13H2,1H3,(H,22,23)/t14-/m0/s1. The number of carboxylic acids is 1. The van der Waals surface area contributed by atoms with Crippen LogP contribution in [-0.4, -0.2) is 48.1 Å². The number of carboxylic acid groups (broad SMARTS) is 1. The van der Waals surface area contributed by atoms with E-state index in [1.165, 1.54) is 6.26 Å². The number of hydrogen-bond donors (Lipinski definition) is 1. The summed E-state index contributed by atoms with van der Waals surface area (Å²) in [5, 5.41) is 9.04. The Kier molecular flexibility index (Phi) is 5.38. The van der Waals surface area contributed by atoms with Crippen LogP contribution in [0.15, 0.2) is 42.6 Å². The summed E-state index contributed by atoms with van der Waals surface area (Å²) in [6, 6.07) is 10.6. The summed E-state index contributed by atoms with van der Waals surface area (Å²) in [5.74, 6) is -0.708. The molecule has 6 nitrogen and oxygen atoms in total. The summed E-state index contributed by atoms with van der Waals surface area (Å²) in [6.45, 7) is 1.12. The van der Waals surface area contributed by atoms with E-state index < -0.39 is 16.0 Å². The Hall–Kier alpha value is -2.25. The Morgan fingerprint density at radius 2 is 2.00 bits per heavy atom. The fraction of sp³-hybridized carbons (Fsp3) is 0.368. The normalized spacial score (nSPS) is 18.6. The van der Waals surface area contributed by atoms with Gasteiger partial charge in [0, 0.05) is 24.8 Å². The molecule has 1 aliphatic rings. The number of hydrogen-bond acceptors (Lipinski definition) is 4. The van der Waals surface area contributed by atoms with Gasteiger partial charge in [-0.1, -0.05) is 18.2 Å². The molecule has 1 aliphatic heterocycles. The van der Waals surface area contributed by atoms with E-state index in [0.29, 0.717) is 13.1 Å². The second-order valence-electron chi connectivity index (χ2n) is 6.73. The Morgan fingerprint density at radius 1 is 1.27 bits per heavy atom. The maximum absolute atomic E-state index is 11.8. The molecule has 1 aromatic heterocycles. The van der Waals surface area contributed by atoms with Gasteiger partial charge in [0.15, 0.2) is 0 Å². The van der Waals surface area contributed by atoms with Crippen LogP contribution in [0.5, 0.6) is 0 Å². The summed E-state index contributed by atoms with van der Waals surface area (Å²) < 4.78 is 25.2. The number of rotatable bonds is 5. The van der Waals surface area contributed by atoms with E-state index in [9.17, 15) is 13.2 Å². The van der Waals surface area contributed by atoms with E-state index >= 15 is 0 Å². The molecule has 1 saturated heterocycles. The molecule has 0 bridgehead atoms. The minimum Gasteiger partial charge on any atom is -0.478 e. The van der Waals surface area contributed by atoms with E-state index in [2.05, 4.69) is 4.98 Å². The molecule has 0 radical (unpaired) electrons. The van der Waals surface area contributed by atoms with Crippen LogP contribution in [-0.2, 0) is 16.4 Å². The monoisotopic (exact) mass is 374 g/mol. The molecule has 0 spiro atoms. The predicted molar refractivity (Wildman–Crippen MR) is 99.5 cm³/mol. The molecule has 7 heteroatoms. The lowest BCUT2D eigenvalue weighted by Crippen LogP contribution is -2.39. The minimum absolute atomic E-state index is 0.238. The summed E-state index contributed by atoms with van der Waals surface area (Å²) in [7, 11) is -3.16. The Morgan fingerprint density at radius 3 is 2.65 bits per heavy atom. The van der Waals surface area contributed by atoms with Gasteiger partial charge in [0.05, 0.1) is 17.5 Å². The lowest BCUT2D eigenvalue weighted by atomic mass is 9.90.